The minimum atomic E-state index is -0.0247. The van der Waals surface area contributed by atoms with Gasteiger partial charge in [-0.05, 0) is 56.5 Å². The number of amides is 1. The number of nitrogens with zero attached hydrogens (tertiary/aromatic N) is 5. The van der Waals surface area contributed by atoms with Crippen LogP contribution in [0.3, 0.4) is 0 Å². The molecule has 1 unspecified atom stereocenters. The molecule has 2 aliphatic rings. The Labute approximate surface area is 195 Å². The molecule has 1 atom stereocenters. The fraction of sp³-hybridized carbons (Fsp3) is 0.462. The normalized spacial score (nSPS) is 19.2. The summed E-state index contributed by atoms with van der Waals surface area (Å²) in [5.74, 6) is 2.62. The summed E-state index contributed by atoms with van der Waals surface area (Å²) in [5, 5.41) is 12.2. The number of likely N-dealkylation sites (tertiary alicyclic amines) is 1. The molecule has 3 aromatic rings. The zero-order chi connectivity index (χ0) is 22.6. The first kappa shape index (κ1) is 21.8. The molecule has 1 saturated heterocycles. The molecule has 0 radical (unpaired) electrons. The molecular weight excluding hydrogens is 412 g/mol. The number of carbonyl (C=O) groups excluding carboxylic acids is 1. The zero-order valence-corrected chi connectivity index (χ0v) is 19.3. The van der Waals surface area contributed by atoms with Crippen molar-refractivity contribution in [1.29, 1.82) is 0 Å². The monoisotopic (exact) mass is 444 g/mol. The van der Waals surface area contributed by atoms with Gasteiger partial charge < -0.3 is 9.88 Å². The number of benzene rings is 1. The van der Waals surface area contributed by atoms with Crippen LogP contribution in [0.15, 0.2) is 48.8 Å². The highest BCUT2D eigenvalue weighted by Crippen LogP contribution is 2.31. The molecule has 0 aliphatic carbocycles. The first-order chi connectivity index (χ1) is 16.2. The number of rotatable bonds is 6. The molecule has 33 heavy (non-hydrogen) atoms. The van der Waals surface area contributed by atoms with Gasteiger partial charge in [0.15, 0.2) is 0 Å². The van der Waals surface area contributed by atoms with Gasteiger partial charge in [0.2, 0.25) is 5.91 Å². The van der Waals surface area contributed by atoms with Crippen LogP contribution in [0.4, 0.5) is 0 Å². The molecular formula is C26H32N6O. The van der Waals surface area contributed by atoms with E-state index in [4.69, 9.17) is 0 Å². The van der Waals surface area contributed by atoms with Crippen molar-refractivity contribution in [2.24, 2.45) is 5.92 Å². The van der Waals surface area contributed by atoms with E-state index in [1.54, 1.807) is 0 Å². The number of pyridine rings is 1. The Kier molecular flexibility index (Phi) is 6.48. The van der Waals surface area contributed by atoms with Gasteiger partial charge in [-0.3, -0.25) is 14.7 Å². The van der Waals surface area contributed by atoms with Gasteiger partial charge in [0, 0.05) is 44.4 Å². The molecule has 5 rings (SSSR count). The lowest BCUT2D eigenvalue weighted by Gasteiger charge is -2.32. The van der Waals surface area contributed by atoms with Crippen molar-refractivity contribution >= 4 is 5.91 Å². The van der Waals surface area contributed by atoms with Gasteiger partial charge in [-0.15, -0.1) is 10.2 Å². The van der Waals surface area contributed by atoms with Crippen molar-refractivity contribution < 1.29 is 4.79 Å². The van der Waals surface area contributed by atoms with Gasteiger partial charge in [-0.1, -0.05) is 35.9 Å². The van der Waals surface area contributed by atoms with Crippen LogP contribution < -0.4 is 5.32 Å². The summed E-state index contributed by atoms with van der Waals surface area (Å²) in [7, 11) is 0. The van der Waals surface area contributed by atoms with Crippen LogP contribution in [-0.2, 0) is 30.8 Å². The van der Waals surface area contributed by atoms with E-state index >= 15 is 0 Å². The number of fused-ring (bicyclic) bond motifs is 1. The van der Waals surface area contributed by atoms with Crippen molar-refractivity contribution in [3.8, 4) is 0 Å². The number of piperidine rings is 1. The lowest BCUT2D eigenvalue weighted by molar-refractivity contribution is -0.126. The zero-order valence-electron chi connectivity index (χ0n) is 19.3. The molecule has 2 aromatic heterocycles. The van der Waals surface area contributed by atoms with E-state index in [9.17, 15) is 4.79 Å². The largest absolute Gasteiger partial charge is 0.352 e. The van der Waals surface area contributed by atoms with Gasteiger partial charge in [0.1, 0.15) is 11.6 Å². The molecule has 1 fully saturated rings. The number of hydrogen-bond donors (Lipinski definition) is 1. The van der Waals surface area contributed by atoms with Crippen molar-refractivity contribution in [1.82, 2.24) is 30.0 Å². The average Bonchev–Trinajstić information content (AvgIpc) is 3.28. The van der Waals surface area contributed by atoms with E-state index in [2.05, 4.69) is 67.2 Å². The quantitative estimate of drug-likeness (QED) is 0.632. The number of aryl methyl sites for hydroxylation is 2. The molecule has 1 amide bonds. The van der Waals surface area contributed by atoms with E-state index in [1.807, 2.05) is 18.5 Å². The van der Waals surface area contributed by atoms with E-state index in [0.29, 0.717) is 19.0 Å². The smallest absolute Gasteiger partial charge is 0.225 e. The van der Waals surface area contributed by atoms with Crippen LogP contribution in [0, 0.1) is 12.8 Å². The summed E-state index contributed by atoms with van der Waals surface area (Å²) >= 11 is 0. The third-order valence-electron chi connectivity index (χ3n) is 7.02. The van der Waals surface area contributed by atoms with Crippen LogP contribution in [0.5, 0.6) is 0 Å². The highest BCUT2D eigenvalue weighted by Gasteiger charge is 2.31. The maximum absolute atomic E-state index is 12.9. The van der Waals surface area contributed by atoms with Gasteiger partial charge in [-0.25, -0.2) is 0 Å². The molecule has 0 bridgehead atoms. The number of hydrogen-bond acceptors (Lipinski definition) is 5. The van der Waals surface area contributed by atoms with Crippen molar-refractivity contribution in [3.05, 3.63) is 77.1 Å². The van der Waals surface area contributed by atoms with Crippen LogP contribution >= 0.6 is 0 Å². The van der Waals surface area contributed by atoms with Gasteiger partial charge >= 0.3 is 0 Å². The number of carbonyl (C=O) groups is 1. The summed E-state index contributed by atoms with van der Waals surface area (Å²) in [6, 6.07) is 12.5. The Morgan fingerprint density at radius 2 is 1.88 bits per heavy atom. The second kappa shape index (κ2) is 9.83. The van der Waals surface area contributed by atoms with Crippen molar-refractivity contribution in [2.75, 3.05) is 13.1 Å². The fourth-order valence-corrected chi connectivity index (χ4v) is 5.00. The summed E-state index contributed by atoms with van der Waals surface area (Å²) in [6.07, 6.45) is 7.56. The number of aromatic nitrogens is 4. The molecule has 4 heterocycles. The van der Waals surface area contributed by atoms with Crippen LogP contribution in [0.1, 0.15) is 53.5 Å². The Morgan fingerprint density at radius 1 is 1.06 bits per heavy atom. The Morgan fingerprint density at radius 3 is 2.64 bits per heavy atom. The minimum absolute atomic E-state index is 0.0247. The van der Waals surface area contributed by atoms with E-state index in [1.165, 1.54) is 11.1 Å². The van der Waals surface area contributed by atoms with Crippen LogP contribution in [-0.4, -0.2) is 43.6 Å². The summed E-state index contributed by atoms with van der Waals surface area (Å²) in [6.45, 7) is 6.37. The molecule has 172 valence electrons. The van der Waals surface area contributed by atoms with Crippen LogP contribution in [0.2, 0.25) is 0 Å². The molecule has 1 aromatic carbocycles. The molecule has 7 nitrogen and oxygen atoms in total. The third-order valence-corrected chi connectivity index (χ3v) is 7.02. The Bertz CT molecular complexity index is 1070. The summed E-state index contributed by atoms with van der Waals surface area (Å²) < 4.78 is 2.24. The van der Waals surface area contributed by atoms with E-state index < -0.39 is 0 Å². The Hall–Kier alpha value is -3.06. The first-order valence-electron chi connectivity index (χ1n) is 12.0. The SMILES string of the molecule is Cc1ccc(CNC(=O)C2CCc3nnc(C4CCN(Cc5cccnc5)CC4)n3C2)cc1. The highest BCUT2D eigenvalue weighted by atomic mass is 16.1. The molecule has 7 heteroatoms. The molecule has 1 N–H and O–H groups in total. The molecule has 0 saturated carbocycles. The van der Waals surface area contributed by atoms with Crippen LogP contribution in [0.25, 0.3) is 0 Å². The van der Waals surface area contributed by atoms with E-state index in [0.717, 1.165) is 62.5 Å². The van der Waals surface area contributed by atoms with Gasteiger partial charge in [0.25, 0.3) is 0 Å². The molecule has 2 aliphatic heterocycles. The lowest BCUT2D eigenvalue weighted by atomic mass is 9.93. The second-order valence-electron chi connectivity index (χ2n) is 9.44. The maximum atomic E-state index is 12.9. The lowest BCUT2D eigenvalue weighted by Crippen LogP contribution is -2.37. The Balaban J connectivity index is 1.17. The predicted molar refractivity (Wildman–Crippen MR) is 126 cm³/mol. The standard InChI is InChI=1S/C26H32N6O/c1-19-4-6-20(7-5-19)16-28-26(33)23-8-9-24-29-30-25(32(24)18-23)22-10-13-31(14-11-22)17-21-3-2-12-27-15-21/h2-7,12,15,22-23H,8-11,13-14,16-18H2,1H3,(H,28,33). The van der Waals surface area contributed by atoms with Gasteiger partial charge in [0.05, 0.1) is 5.92 Å². The average molecular weight is 445 g/mol. The van der Waals surface area contributed by atoms with E-state index in [-0.39, 0.29) is 11.8 Å². The maximum Gasteiger partial charge on any atom is 0.225 e. The fourth-order valence-electron chi connectivity index (χ4n) is 5.00. The first-order valence-corrected chi connectivity index (χ1v) is 12.0. The number of nitrogens with one attached hydrogen (secondary N) is 1. The van der Waals surface area contributed by atoms with Crippen molar-refractivity contribution in [2.45, 2.75) is 58.2 Å². The second-order valence-corrected chi connectivity index (χ2v) is 9.44. The highest BCUT2D eigenvalue weighted by molar-refractivity contribution is 5.78. The summed E-state index contributed by atoms with van der Waals surface area (Å²) in [5.41, 5.74) is 3.62. The summed E-state index contributed by atoms with van der Waals surface area (Å²) in [4.78, 5) is 19.6. The van der Waals surface area contributed by atoms with Gasteiger partial charge in [-0.2, -0.15) is 0 Å². The third kappa shape index (κ3) is 5.14. The van der Waals surface area contributed by atoms with Crippen molar-refractivity contribution in [3.63, 3.8) is 0 Å². The topological polar surface area (TPSA) is 75.9 Å². The minimum Gasteiger partial charge on any atom is -0.352 e. The predicted octanol–water partition coefficient (Wildman–Crippen LogP) is 3.24. The molecule has 0 spiro atoms.